The van der Waals surface area contributed by atoms with E-state index >= 15 is 0 Å². The average molecular weight is 257 g/mol. The van der Waals surface area contributed by atoms with Gasteiger partial charge in [0.2, 0.25) is 5.91 Å². The Bertz CT molecular complexity index is 251. The van der Waals surface area contributed by atoms with Crippen molar-refractivity contribution in [1.29, 1.82) is 0 Å². The third-order valence-electron chi connectivity index (χ3n) is 3.34. The van der Waals surface area contributed by atoms with Crippen molar-refractivity contribution in [3.05, 3.63) is 0 Å². The zero-order valence-electron chi connectivity index (χ0n) is 11.6. The normalized spacial score (nSPS) is 20.1. The van der Waals surface area contributed by atoms with Gasteiger partial charge >= 0.3 is 0 Å². The number of likely N-dealkylation sites (tertiary alicyclic amines) is 1. The molecule has 1 atom stereocenters. The number of nitrogens with one attached hydrogen (secondary N) is 1. The van der Waals surface area contributed by atoms with Crippen molar-refractivity contribution in [2.45, 2.75) is 45.2 Å². The first-order chi connectivity index (χ1) is 8.51. The molecule has 18 heavy (non-hydrogen) atoms. The van der Waals surface area contributed by atoms with E-state index in [0.29, 0.717) is 12.5 Å². The summed E-state index contributed by atoms with van der Waals surface area (Å²) in [4.78, 5) is 14.0. The molecule has 0 saturated carbocycles. The summed E-state index contributed by atoms with van der Waals surface area (Å²) in [5.74, 6) is 0.473. The van der Waals surface area contributed by atoms with Crippen molar-refractivity contribution in [2.24, 2.45) is 11.7 Å². The van der Waals surface area contributed by atoms with Gasteiger partial charge in [-0.1, -0.05) is 13.8 Å². The van der Waals surface area contributed by atoms with E-state index in [9.17, 15) is 9.90 Å². The summed E-state index contributed by atoms with van der Waals surface area (Å²) in [6.07, 6.45) is 2.73. The van der Waals surface area contributed by atoms with E-state index in [0.717, 1.165) is 32.4 Å². The van der Waals surface area contributed by atoms with Crippen LogP contribution in [0.1, 0.15) is 33.1 Å². The summed E-state index contributed by atoms with van der Waals surface area (Å²) in [6, 6.07) is 0.167. The van der Waals surface area contributed by atoms with Crippen molar-refractivity contribution < 1.29 is 9.90 Å². The minimum Gasteiger partial charge on any atom is -0.394 e. The minimum absolute atomic E-state index is 0.00479. The average Bonchev–Trinajstić information content (AvgIpc) is 2.30. The molecule has 0 radical (unpaired) electrons. The summed E-state index contributed by atoms with van der Waals surface area (Å²) >= 11 is 0. The molecule has 106 valence electrons. The van der Waals surface area contributed by atoms with Crippen molar-refractivity contribution >= 4 is 5.91 Å². The van der Waals surface area contributed by atoms with E-state index in [4.69, 9.17) is 5.73 Å². The van der Waals surface area contributed by atoms with Crippen LogP contribution in [0.2, 0.25) is 0 Å². The monoisotopic (exact) mass is 257 g/mol. The number of aliphatic hydroxyl groups excluding tert-OH is 1. The molecular formula is C13H27N3O2. The van der Waals surface area contributed by atoms with Gasteiger partial charge in [0.15, 0.2) is 0 Å². The van der Waals surface area contributed by atoms with Crippen molar-refractivity contribution in [2.75, 3.05) is 26.2 Å². The van der Waals surface area contributed by atoms with Gasteiger partial charge in [-0.3, -0.25) is 9.69 Å². The lowest BCUT2D eigenvalue weighted by Crippen LogP contribution is -2.47. The smallest absolute Gasteiger partial charge is 0.234 e. The minimum atomic E-state index is -0.121. The van der Waals surface area contributed by atoms with Crippen LogP contribution in [0, 0.1) is 5.92 Å². The fourth-order valence-electron chi connectivity index (χ4n) is 2.34. The Morgan fingerprint density at radius 3 is 2.56 bits per heavy atom. The molecule has 1 fully saturated rings. The number of piperidine rings is 1. The van der Waals surface area contributed by atoms with Crippen molar-refractivity contribution in [3.8, 4) is 0 Å². The fourth-order valence-corrected chi connectivity index (χ4v) is 2.34. The van der Waals surface area contributed by atoms with Gasteiger partial charge < -0.3 is 16.2 Å². The predicted molar refractivity (Wildman–Crippen MR) is 72.1 cm³/mol. The Hall–Kier alpha value is -0.650. The van der Waals surface area contributed by atoms with Crippen LogP contribution in [0.15, 0.2) is 0 Å². The number of nitrogens with two attached hydrogens (primary N) is 1. The van der Waals surface area contributed by atoms with Crippen molar-refractivity contribution in [1.82, 2.24) is 10.2 Å². The second-order valence-electron chi connectivity index (χ2n) is 5.69. The molecule has 0 spiro atoms. The Morgan fingerprint density at radius 2 is 2.06 bits per heavy atom. The quantitative estimate of drug-likeness (QED) is 0.622. The molecule has 0 bridgehead atoms. The molecule has 1 amide bonds. The van der Waals surface area contributed by atoms with Crippen LogP contribution in [0.3, 0.4) is 0 Å². The van der Waals surface area contributed by atoms with Gasteiger partial charge in [0.1, 0.15) is 0 Å². The molecule has 1 aliphatic rings. The van der Waals surface area contributed by atoms with Gasteiger partial charge in [-0.25, -0.2) is 0 Å². The molecule has 0 aromatic rings. The molecule has 1 heterocycles. The summed E-state index contributed by atoms with van der Waals surface area (Å²) in [5.41, 5.74) is 5.82. The van der Waals surface area contributed by atoms with Crippen LogP contribution in [-0.2, 0) is 4.79 Å². The Morgan fingerprint density at radius 1 is 1.44 bits per heavy atom. The van der Waals surface area contributed by atoms with E-state index in [1.807, 2.05) is 0 Å². The highest BCUT2D eigenvalue weighted by molar-refractivity contribution is 5.78. The van der Waals surface area contributed by atoms with Gasteiger partial charge in [0.25, 0.3) is 0 Å². The lowest BCUT2D eigenvalue weighted by atomic mass is 10.0. The number of hydrogen-bond donors (Lipinski definition) is 3. The molecule has 1 unspecified atom stereocenters. The van der Waals surface area contributed by atoms with Crippen LogP contribution in [0.25, 0.3) is 0 Å². The number of hydrogen-bond acceptors (Lipinski definition) is 4. The second kappa shape index (κ2) is 7.71. The van der Waals surface area contributed by atoms with Crippen molar-refractivity contribution in [3.63, 3.8) is 0 Å². The molecule has 1 rings (SSSR count). The first-order valence-electron chi connectivity index (χ1n) is 6.89. The molecule has 5 nitrogen and oxygen atoms in total. The lowest BCUT2D eigenvalue weighted by molar-refractivity contribution is -0.123. The summed E-state index contributed by atoms with van der Waals surface area (Å²) in [5, 5.41) is 12.1. The van der Waals surface area contributed by atoms with E-state index in [-0.39, 0.29) is 24.6 Å². The van der Waals surface area contributed by atoms with Crippen LogP contribution < -0.4 is 11.1 Å². The van der Waals surface area contributed by atoms with Crippen LogP contribution >= 0.6 is 0 Å². The van der Waals surface area contributed by atoms with Gasteiger partial charge in [0.05, 0.1) is 19.2 Å². The van der Waals surface area contributed by atoms with E-state index in [1.165, 1.54) is 0 Å². The van der Waals surface area contributed by atoms with E-state index in [2.05, 4.69) is 24.1 Å². The number of carbonyl (C=O) groups is 1. The molecule has 1 saturated heterocycles. The van der Waals surface area contributed by atoms with Gasteiger partial charge in [-0.15, -0.1) is 0 Å². The number of carbonyl (C=O) groups excluding carboxylic acids is 1. The van der Waals surface area contributed by atoms with E-state index in [1.54, 1.807) is 0 Å². The van der Waals surface area contributed by atoms with Gasteiger partial charge in [-0.05, 0) is 25.2 Å². The van der Waals surface area contributed by atoms with Crippen LogP contribution in [0.5, 0.6) is 0 Å². The topological polar surface area (TPSA) is 78.6 Å². The first-order valence-corrected chi connectivity index (χ1v) is 6.89. The van der Waals surface area contributed by atoms with Crippen LogP contribution in [-0.4, -0.2) is 54.2 Å². The molecule has 1 aliphatic heterocycles. The molecule has 0 aromatic heterocycles. The highest BCUT2D eigenvalue weighted by atomic mass is 16.3. The Labute approximate surface area is 110 Å². The van der Waals surface area contributed by atoms with Crippen LogP contribution in [0.4, 0.5) is 0 Å². The predicted octanol–water partition coefficient (Wildman–Crippen LogP) is -0.0673. The molecule has 5 heteroatoms. The summed E-state index contributed by atoms with van der Waals surface area (Å²) < 4.78 is 0. The third kappa shape index (κ3) is 5.80. The van der Waals surface area contributed by atoms with Gasteiger partial charge in [-0.2, -0.15) is 0 Å². The fraction of sp³-hybridized carbons (Fsp3) is 0.923. The molecule has 0 aliphatic carbocycles. The number of rotatable bonds is 6. The zero-order chi connectivity index (χ0) is 13.5. The maximum Gasteiger partial charge on any atom is 0.234 e. The zero-order valence-corrected chi connectivity index (χ0v) is 11.6. The van der Waals surface area contributed by atoms with Gasteiger partial charge in [0, 0.05) is 19.1 Å². The Kier molecular flexibility index (Phi) is 6.60. The first kappa shape index (κ1) is 15.4. The number of nitrogens with zero attached hydrogens (tertiary/aromatic N) is 1. The number of aliphatic hydroxyl groups is 1. The highest BCUT2D eigenvalue weighted by Crippen LogP contribution is 2.08. The number of amides is 1. The second-order valence-corrected chi connectivity index (χ2v) is 5.69. The van der Waals surface area contributed by atoms with E-state index < -0.39 is 0 Å². The molecular weight excluding hydrogens is 230 g/mol. The largest absolute Gasteiger partial charge is 0.394 e. The highest BCUT2D eigenvalue weighted by Gasteiger charge is 2.19. The molecule has 4 N–H and O–H groups in total. The standard InChI is InChI=1S/C13H27N3O2/c1-10(2)7-12(9-17)15-13(18)8-16-5-3-11(14)4-6-16/h10-12,17H,3-9,14H2,1-2H3,(H,15,18). The Balaban J connectivity index is 2.27. The third-order valence-corrected chi connectivity index (χ3v) is 3.34. The summed E-state index contributed by atoms with van der Waals surface area (Å²) in [7, 11) is 0. The summed E-state index contributed by atoms with van der Waals surface area (Å²) in [6.45, 7) is 6.38. The SMILES string of the molecule is CC(C)CC(CO)NC(=O)CN1CCC(N)CC1. The maximum absolute atomic E-state index is 11.8. The molecule has 0 aromatic carbocycles. The lowest BCUT2D eigenvalue weighted by Gasteiger charge is -2.30. The maximum atomic E-state index is 11.8.